The number of benzene rings is 1. The van der Waals surface area contributed by atoms with E-state index in [0.717, 1.165) is 11.1 Å². The Hall–Kier alpha value is -1.46. The summed E-state index contributed by atoms with van der Waals surface area (Å²) in [4.78, 5) is 13.8. The molecule has 0 fully saturated rings. The predicted octanol–water partition coefficient (Wildman–Crippen LogP) is 1.32. The summed E-state index contributed by atoms with van der Waals surface area (Å²) in [5.74, 6) is 0.0533. The largest absolute Gasteiger partial charge is 0.389 e. The van der Waals surface area contributed by atoms with E-state index >= 15 is 0 Å². The summed E-state index contributed by atoms with van der Waals surface area (Å²) in [6.45, 7) is 0.981. The highest BCUT2D eigenvalue weighted by molar-refractivity contribution is 7.80. The van der Waals surface area contributed by atoms with E-state index < -0.39 is 0 Å². The zero-order valence-corrected chi connectivity index (χ0v) is 11.5. The molecule has 1 aromatic rings. The highest BCUT2D eigenvalue weighted by atomic mass is 32.1. The molecule has 0 atom stereocenters. The van der Waals surface area contributed by atoms with Crippen molar-refractivity contribution in [3.05, 3.63) is 35.4 Å². The van der Waals surface area contributed by atoms with Crippen molar-refractivity contribution < 1.29 is 9.53 Å². The van der Waals surface area contributed by atoms with Crippen LogP contribution in [0.2, 0.25) is 0 Å². The number of methoxy groups -OCH3 is 1. The number of thiocarbonyl (C=S) groups is 1. The molecule has 0 spiro atoms. The van der Waals surface area contributed by atoms with Crippen LogP contribution in [0.1, 0.15) is 17.5 Å². The molecule has 0 heterocycles. The Bertz CT molecular complexity index is 435. The summed E-state index contributed by atoms with van der Waals surface area (Å²) in [6, 6.07) is 7.60. The molecule has 0 aliphatic carbocycles. The molecule has 4 nitrogen and oxygen atoms in total. The Morgan fingerprint density at radius 3 is 2.83 bits per heavy atom. The zero-order valence-electron chi connectivity index (χ0n) is 10.7. The fourth-order valence-corrected chi connectivity index (χ4v) is 1.69. The Labute approximate surface area is 113 Å². The minimum atomic E-state index is 0.0533. The number of ether oxygens (including phenoxy) is 1. The van der Waals surface area contributed by atoms with Gasteiger partial charge in [0.15, 0.2) is 0 Å². The molecule has 0 unspecified atom stereocenters. The normalized spacial score (nSPS) is 10.1. The summed E-state index contributed by atoms with van der Waals surface area (Å²) in [7, 11) is 3.35. The molecule has 98 valence electrons. The second kappa shape index (κ2) is 7.08. The molecule has 0 saturated carbocycles. The second-order valence-corrected chi connectivity index (χ2v) is 4.50. The van der Waals surface area contributed by atoms with Crippen molar-refractivity contribution in [2.24, 2.45) is 5.73 Å². The molecule has 2 N–H and O–H groups in total. The predicted molar refractivity (Wildman–Crippen MR) is 75.3 cm³/mol. The van der Waals surface area contributed by atoms with Gasteiger partial charge in [0.2, 0.25) is 5.91 Å². The lowest BCUT2D eigenvalue weighted by Crippen LogP contribution is -2.27. The highest BCUT2D eigenvalue weighted by Crippen LogP contribution is 2.08. The Morgan fingerprint density at radius 1 is 1.50 bits per heavy atom. The maximum atomic E-state index is 11.7. The molecule has 18 heavy (non-hydrogen) atoms. The number of carbonyl (C=O) groups is 1. The van der Waals surface area contributed by atoms with Crippen molar-refractivity contribution in [2.75, 3.05) is 20.8 Å². The summed E-state index contributed by atoms with van der Waals surface area (Å²) in [5, 5.41) is 0. The molecular weight excluding hydrogens is 248 g/mol. The molecule has 0 saturated heterocycles. The van der Waals surface area contributed by atoms with Crippen LogP contribution >= 0.6 is 12.2 Å². The van der Waals surface area contributed by atoms with E-state index in [1.807, 2.05) is 24.3 Å². The van der Waals surface area contributed by atoms with E-state index in [-0.39, 0.29) is 5.91 Å². The van der Waals surface area contributed by atoms with Crippen LogP contribution in [0.25, 0.3) is 0 Å². The minimum Gasteiger partial charge on any atom is -0.389 e. The van der Waals surface area contributed by atoms with Gasteiger partial charge in [-0.2, -0.15) is 0 Å². The average molecular weight is 266 g/mol. The highest BCUT2D eigenvalue weighted by Gasteiger charge is 2.09. The summed E-state index contributed by atoms with van der Waals surface area (Å²) < 4.78 is 4.88. The van der Waals surface area contributed by atoms with Gasteiger partial charge in [-0.15, -0.1) is 0 Å². The molecule has 0 aliphatic heterocycles. The zero-order chi connectivity index (χ0) is 13.5. The molecule has 1 amide bonds. The summed E-state index contributed by atoms with van der Waals surface area (Å²) in [5.41, 5.74) is 7.40. The van der Waals surface area contributed by atoms with Crippen molar-refractivity contribution in [3.63, 3.8) is 0 Å². The van der Waals surface area contributed by atoms with Crippen molar-refractivity contribution in [3.8, 4) is 0 Å². The summed E-state index contributed by atoms with van der Waals surface area (Å²) >= 11 is 4.92. The van der Waals surface area contributed by atoms with Gasteiger partial charge in [-0.3, -0.25) is 4.79 Å². The van der Waals surface area contributed by atoms with E-state index in [1.54, 1.807) is 19.1 Å². The lowest BCUT2D eigenvalue weighted by atomic mass is 10.1. The number of rotatable bonds is 6. The monoisotopic (exact) mass is 266 g/mol. The molecule has 0 aliphatic rings. The first-order valence-corrected chi connectivity index (χ1v) is 6.07. The van der Waals surface area contributed by atoms with Crippen molar-refractivity contribution in [2.45, 2.75) is 13.0 Å². The van der Waals surface area contributed by atoms with Gasteiger partial charge < -0.3 is 15.4 Å². The Morgan fingerprint density at radius 2 is 2.22 bits per heavy atom. The molecule has 5 heteroatoms. The van der Waals surface area contributed by atoms with E-state index in [0.29, 0.717) is 24.6 Å². The molecule has 1 rings (SSSR count). The lowest BCUT2D eigenvalue weighted by Gasteiger charge is -2.17. The third-order valence-electron chi connectivity index (χ3n) is 2.58. The van der Waals surface area contributed by atoms with Crippen LogP contribution in [0.5, 0.6) is 0 Å². The minimum absolute atomic E-state index is 0.0533. The number of hydrogen-bond donors (Lipinski definition) is 1. The smallest absolute Gasteiger partial charge is 0.224 e. The van der Waals surface area contributed by atoms with E-state index in [9.17, 15) is 4.79 Å². The fourth-order valence-electron chi connectivity index (χ4n) is 1.57. The third-order valence-corrected chi connectivity index (χ3v) is 2.81. The Kier molecular flexibility index (Phi) is 5.74. The van der Waals surface area contributed by atoms with Crippen LogP contribution in [0.15, 0.2) is 24.3 Å². The molecule has 0 radical (unpaired) electrons. The number of carbonyl (C=O) groups excluding carboxylic acids is 1. The molecule has 0 bridgehead atoms. The van der Waals surface area contributed by atoms with Crippen LogP contribution in [-0.4, -0.2) is 36.6 Å². The number of nitrogens with zero attached hydrogens (tertiary/aromatic N) is 1. The number of nitrogens with two attached hydrogens (primary N) is 1. The van der Waals surface area contributed by atoms with Gasteiger partial charge in [-0.1, -0.05) is 30.4 Å². The van der Waals surface area contributed by atoms with Gasteiger partial charge in [0.25, 0.3) is 0 Å². The fraction of sp³-hybridized carbons (Fsp3) is 0.385. The first-order chi connectivity index (χ1) is 8.54. The molecular formula is C13H18N2O2S. The van der Waals surface area contributed by atoms with Gasteiger partial charge >= 0.3 is 0 Å². The van der Waals surface area contributed by atoms with Gasteiger partial charge in [-0.05, 0) is 11.6 Å². The van der Waals surface area contributed by atoms with E-state index in [4.69, 9.17) is 22.7 Å². The quantitative estimate of drug-likeness (QED) is 0.789. The van der Waals surface area contributed by atoms with E-state index in [2.05, 4.69) is 0 Å². The lowest BCUT2D eigenvalue weighted by molar-refractivity contribution is -0.131. The first-order valence-electron chi connectivity index (χ1n) is 5.66. The summed E-state index contributed by atoms with van der Waals surface area (Å²) in [6.07, 6.45) is 0.391. The van der Waals surface area contributed by atoms with Crippen molar-refractivity contribution in [1.82, 2.24) is 4.90 Å². The average Bonchev–Trinajstić information content (AvgIpc) is 2.36. The first kappa shape index (κ1) is 14.6. The van der Waals surface area contributed by atoms with Gasteiger partial charge in [0, 0.05) is 26.3 Å². The van der Waals surface area contributed by atoms with Gasteiger partial charge in [0.05, 0.1) is 13.0 Å². The van der Waals surface area contributed by atoms with Crippen LogP contribution in [0.4, 0.5) is 0 Å². The van der Waals surface area contributed by atoms with Crippen LogP contribution in [-0.2, 0) is 16.1 Å². The third kappa shape index (κ3) is 4.43. The second-order valence-electron chi connectivity index (χ2n) is 4.06. The number of amides is 1. The maximum Gasteiger partial charge on any atom is 0.224 e. The topological polar surface area (TPSA) is 55.6 Å². The van der Waals surface area contributed by atoms with Gasteiger partial charge in [-0.25, -0.2) is 0 Å². The molecule has 0 aromatic heterocycles. The number of hydrogen-bond acceptors (Lipinski definition) is 3. The van der Waals surface area contributed by atoms with Gasteiger partial charge in [0.1, 0.15) is 4.99 Å². The standard InChI is InChI=1S/C13H18N2O2S/c1-15(12(16)6-7-17-2)9-10-4-3-5-11(8-10)13(14)18/h3-5,8H,6-7,9H2,1-2H3,(H2,14,18). The molecule has 1 aromatic carbocycles. The van der Waals surface area contributed by atoms with Crippen molar-refractivity contribution in [1.29, 1.82) is 0 Å². The van der Waals surface area contributed by atoms with Crippen molar-refractivity contribution >= 4 is 23.1 Å². The van der Waals surface area contributed by atoms with Crippen LogP contribution < -0.4 is 5.73 Å². The van der Waals surface area contributed by atoms with Crippen LogP contribution in [0, 0.1) is 0 Å². The Balaban J connectivity index is 2.63. The SMILES string of the molecule is COCCC(=O)N(C)Cc1cccc(C(N)=S)c1. The maximum absolute atomic E-state index is 11.7. The van der Waals surface area contributed by atoms with Crippen LogP contribution in [0.3, 0.4) is 0 Å². The van der Waals surface area contributed by atoms with E-state index in [1.165, 1.54) is 0 Å².